The van der Waals surface area contributed by atoms with Gasteiger partial charge in [0.1, 0.15) is 11.6 Å². The first-order chi connectivity index (χ1) is 9.81. The van der Waals surface area contributed by atoms with Gasteiger partial charge in [-0.15, -0.1) is 0 Å². The van der Waals surface area contributed by atoms with Crippen LogP contribution in [0, 0.1) is 5.82 Å². The van der Waals surface area contributed by atoms with Crippen LogP contribution in [0.2, 0.25) is 0 Å². The van der Waals surface area contributed by atoms with E-state index in [4.69, 9.17) is 0 Å². The Morgan fingerprint density at radius 1 is 0.900 bits per heavy atom. The van der Waals surface area contributed by atoms with Crippen molar-refractivity contribution in [1.82, 2.24) is 9.97 Å². The summed E-state index contributed by atoms with van der Waals surface area (Å²) in [6, 6.07) is 18.8. The topological polar surface area (TPSA) is 28.7 Å². The van der Waals surface area contributed by atoms with Gasteiger partial charge >= 0.3 is 0 Å². The minimum atomic E-state index is -0.259. The van der Waals surface area contributed by atoms with E-state index in [0.717, 1.165) is 27.7 Å². The first-order valence-corrected chi connectivity index (χ1v) is 6.45. The number of aromatic nitrogens is 2. The van der Waals surface area contributed by atoms with Gasteiger partial charge in [0.05, 0.1) is 11.0 Å². The number of rotatable bonds is 1. The number of nitrogens with zero attached hydrogens (tertiary/aromatic N) is 1. The van der Waals surface area contributed by atoms with Crippen LogP contribution in [0.15, 0.2) is 60.7 Å². The SMILES string of the molecule is Fc1ccc2nc(-c3cccc4ccccc34)[nH]c2c1. The molecule has 0 radical (unpaired) electrons. The van der Waals surface area contributed by atoms with Gasteiger partial charge in [0.25, 0.3) is 0 Å². The van der Waals surface area contributed by atoms with Gasteiger partial charge in [0, 0.05) is 5.56 Å². The predicted molar refractivity (Wildman–Crippen MR) is 79.0 cm³/mol. The summed E-state index contributed by atoms with van der Waals surface area (Å²) in [5, 5.41) is 2.30. The van der Waals surface area contributed by atoms with Crippen LogP contribution in [-0.2, 0) is 0 Å². The zero-order valence-corrected chi connectivity index (χ0v) is 10.6. The van der Waals surface area contributed by atoms with Crippen molar-refractivity contribution in [3.05, 3.63) is 66.5 Å². The van der Waals surface area contributed by atoms with Gasteiger partial charge in [-0.3, -0.25) is 0 Å². The van der Waals surface area contributed by atoms with Gasteiger partial charge in [-0.05, 0) is 29.0 Å². The van der Waals surface area contributed by atoms with Crippen LogP contribution in [0.5, 0.6) is 0 Å². The molecule has 4 aromatic rings. The number of benzene rings is 3. The van der Waals surface area contributed by atoms with Crippen molar-refractivity contribution in [2.45, 2.75) is 0 Å². The fraction of sp³-hybridized carbons (Fsp3) is 0. The second kappa shape index (κ2) is 4.17. The Balaban J connectivity index is 2.01. The molecule has 0 aliphatic carbocycles. The molecular weight excluding hydrogens is 251 g/mol. The average molecular weight is 262 g/mol. The highest BCUT2D eigenvalue weighted by molar-refractivity contribution is 5.96. The molecule has 0 aliphatic heterocycles. The quantitative estimate of drug-likeness (QED) is 0.536. The van der Waals surface area contributed by atoms with Crippen molar-refractivity contribution in [2.75, 3.05) is 0 Å². The highest BCUT2D eigenvalue weighted by atomic mass is 19.1. The van der Waals surface area contributed by atoms with Crippen LogP contribution in [0.3, 0.4) is 0 Å². The molecule has 2 nitrogen and oxygen atoms in total. The summed E-state index contributed by atoms with van der Waals surface area (Å²) in [6.45, 7) is 0. The number of imidazole rings is 1. The molecule has 0 bridgehead atoms. The molecule has 1 N–H and O–H groups in total. The fourth-order valence-electron chi connectivity index (χ4n) is 2.54. The molecule has 0 saturated heterocycles. The van der Waals surface area contributed by atoms with Crippen molar-refractivity contribution >= 4 is 21.8 Å². The summed E-state index contributed by atoms with van der Waals surface area (Å²) in [7, 11) is 0. The van der Waals surface area contributed by atoms with E-state index in [1.165, 1.54) is 12.1 Å². The third-order valence-corrected chi connectivity index (χ3v) is 3.49. The summed E-state index contributed by atoms with van der Waals surface area (Å²) in [4.78, 5) is 7.75. The van der Waals surface area contributed by atoms with Crippen LogP contribution >= 0.6 is 0 Å². The molecule has 0 spiro atoms. The summed E-state index contributed by atoms with van der Waals surface area (Å²) in [5.41, 5.74) is 2.52. The minimum Gasteiger partial charge on any atom is -0.338 e. The Kier molecular flexibility index (Phi) is 2.33. The number of hydrogen-bond donors (Lipinski definition) is 1. The molecule has 0 amide bonds. The van der Waals surface area contributed by atoms with E-state index in [1.54, 1.807) is 6.07 Å². The van der Waals surface area contributed by atoms with Crippen molar-refractivity contribution < 1.29 is 4.39 Å². The molecular formula is C17H11FN2. The van der Waals surface area contributed by atoms with E-state index in [-0.39, 0.29) is 5.82 Å². The third-order valence-electron chi connectivity index (χ3n) is 3.49. The maximum Gasteiger partial charge on any atom is 0.139 e. The van der Waals surface area contributed by atoms with Crippen molar-refractivity contribution in [3.8, 4) is 11.4 Å². The summed E-state index contributed by atoms with van der Waals surface area (Å²) in [5.74, 6) is 0.507. The van der Waals surface area contributed by atoms with Crippen LogP contribution in [0.1, 0.15) is 0 Å². The Hall–Kier alpha value is -2.68. The number of nitrogens with one attached hydrogen (secondary N) is 1. The second-order valence-electron chi connectivity index (χ2n) is 4.77. The van der Waals surface area contributed by atoms with Gasteiger partial charge in [0.15, 0.2) is 0 Å². The molecule has 3 aromatic carbocycles. The molecule has 96 valence electrons. The Morgan fingerprint density at radius 2 is 1.75 bits per heavy atom. The molecule has 0 aliphatic rings. The highest BCUT2D eigenvalue weighted by Gasteiger charge is 2.08. The van der Waals surface area contributed by atoms with Crippen molar-refractivity contribution in [1.29, 1.82) is 0 Å². The average Bonchev–Trinajstić information content (AvgIpc) is 2.89. The van der Waals surface area contributed by atoms with E-state index in [0.29, 0.717) is 5.52 Å². The van der Waals surface area contributed by atoms with Gasteiger partial charge in [0.2, 0.25) is 0 Å². The summed E-state index contributed by atoms with van der Waals surface area (Å²) < 4.78 is 13.3. The molecule has 0 unspecified atom stereocenters. The lowest BCUT2D eigenvalue weighted by Gasteiger charge is -2.03. The largest absolute Gasteiger partial charge is 0.338 e. The zero-order chi connectivity index (χ0) is 13.5. The van der Waals surface area contributed by atoms with E-state index in [1.807, 2.05) is 24.3 Å². The molecule has 20 heavy (non-hydrogen) atoms. The van der Waals surface area contributed by atoms with Gasteiger partial charge < -0.3 is 4.98 Å². The maximum absolute atomic E-state index is 13.3. The molecule has 0 saturated carbocycles. The van der Waals surface area contributed by atoms with Gasteiger partial charge in [-0.1, -0.05) is 42.5 Å². The minimum absolute atomic E-state index is 0.259. The lowest BCUT2D eigenvalue weighted by atomic mass is 10.0. The highest BCUT2D eigenvalue weighted by Crippen LogP contribution is 2.28. The predicted octanol–water partition coefficient (Wildman–Crippen LogP) is 4.52. The lowest BCUT2D eigenvalue weighted by Crippen LogP contribution is -1.82. The van der Waals surface area contributed by atoms with Crippen LogP contribution in [0.4, 0.5) is 4.39 Å². The molecule has 0 fully saturated rings. The number of aromatic amines is 1. The second-order valence-corrected chi connectivity index (χ2v) is 4.77. The van der Waals surface area contributed by atoms with Crippen LogP contribution in [0.25, 0.3) is 33.2 Å². The van der Waals surface area contributed by atoms with Crippen molar-refractivity contribution in [2.24, 2.45) is 0 Å². The Labute approximate surface area is 114 Å². The molecule has 3 heteroatoms. The van der Waals surface area contributed by atoms with Crippen LogP contribution < -0.4 is 0 Å². The van der Waals surface area contributed by atoms with E-state index < -0.39 is 0 Å². The summed E-state index contributed by atoms with van der Waals surface area (Å²) in [6.07, 6.45) is 0. The molecule has 1 aromatic heterocycles. The van der Waals surface area contributed by atoms with Gasteiger partial charge in [-0.2, -0.15) is 0 Å². The number of H-pyrrole nitrogens is 1. The van der Waals surface area contributed by atoms with Crippen molar-refractivity contribution in [3.63, 3.8) is 0 Å². The molecule has 1 heterocycles. The standard InChI is InChI=1S/C17H11FN2/c18-12-8-9-15-16(10-12)20-17(19-15)14-7-3-5-11-4-1-2-6-13(11)14/h1-10H,(H,19,20). The molecule has 0 atom stereocenters. The number of hydrogen-bond acceptors (Lipinski definition) is 1. The lowest BCUT2D eigenvalue weighted by molar-refractivity contribution is 0.629. The van der Waals surface area contributed by atoms with Crippen LogP contribution in [-0.4, -0.2) is 9.97 Å². The van der Waals surface area contributed by atoms with E-state index in [2.05, 4.69) is 28.2 Å². The first-order valence-electron chi connectivity index (χ1n) is 6.45. The van der Waals surface area contributed by atoms with E-state index >= 15 is 0 Å². The Morgan fingerprint density at radius 3 is 2.70 bits per heavy atom. The normalized spacial score (nSPS) is 11.2. The zero-order valence-electron chi connectivity index (χ0n) is 10.6. The van der Waals surface area contributed by atoms with Gasteiger partial charge in [-0.25, -0.2) is 9.37 Å². The smallest absolute Gasteiger partial charge is 0.139 e. The monoisotopic (exact) mass is 262 g/mol. The third kappa shape index (κ3) is 1.67. The summed E-state index contributed by atoms with van der Waals surface area (Å²) >= 11 is 0. The Bertz CT molecular complexity index is 919. The number of fused-ring (bicyclic) bond motifs is 2. The fourth-order valence-corrected chi connectivity index (χ4v) is 2.54. The first kappa shape index (κ1) is 11.2. The number of halogens is 1. The maximum atomic E-state index is 13.3. The molecule has 4 rings (SSSR count). The van der Waals surface area contributed by atoms with E-state index in [9.17, 15) is 4.39 Å².